The zero-order valence-electron chi connectivity index (χ0n) is 17.6. The first-order valence-electron chi connectivity index (χ1n) is 9.86. The summed E-state index contributed by atoms with van der Waals surface area (Å²) in [6, 6.07) is 16.0. The number of carbonyl (C=O) groups excluding carboxylic acids is 2. The van der Waals surface area contributed by atoms with Crippen LogP contribution in [0.3, 0.4) is 0 Å². The molecule has 0 saturated carbocycles. The van der Waals surface area contributed by atoms with Crippen LogP contribution >= 0.6 is 11.5 Å². The number of aryl methyl sites for hydroxylation is 1. The molecule has 2 aromatic carbocycles. The molecule has 0 bridgehead atoms. The van der Waals surface area contributed by atoms with Crippen LogP contribution < -0.4 is 10.2 Å². The molecule has 7 heteroatoms. The minimum Gasteiger partial charge on any atom is -0.349 e. The Labute approximate surface area is 181 Å². The third-order valence-corrected chi connectivity index (χ3v) is 5.55. The molecule has 0 saturated heterocycles. The fourth-order valence-corrected chi connectivity index (χ4v) is 3.52. The van der Waals surface area contributed by atoms with E-state index >= 15 is 0 Å². The Bertz CT molecular complexity index is 1000. The van der Waals surface area contributed by atoms with Gasteiger partial charge in [0, 0.05) is 16.6 Å². The largest absolute Gasteiger partial charge is 0.349 e. The van der Waals surface area contributed by atoms with Gasteiger partial charge in [-0.2, -0.15) is 0 Å². The predicted molar refractivity (Wildman–Crippen MR) is 120 cm³/mol. The minimum absolute atomic E-state index is 0.213. The first-order valence-corrected chi connectivity index (χ1v) is 10.7. The number of hydrogen-bond acceptors (Lipinski definition) is 5. The van der Waals surface area contributed by atoms with E-state index in [0.29, 0.717) is 5.69 Å². The number of nitrogens with zero attached hydrogens (tertiary/aromatic N) is 3. The maximum absolute atomic E-state index is 13.6. The lowest BCUT2D eigenvalue weighted by Crippen LogP contribution is -2.50. The monoisotopic (exact) mass is 422 g/mol. The van der Waals surface area contributed by atoms with Gasteiger partial charge in [-0.25, -0.2) is 0 Å². The molecule has 0 aliphatic carbocycles. The Morgan fingerprint density at radius 1 is 1.13 bits per heavy atom. The smallest absolute Gasteiger partial charge is 0.280 e. The molecule has 3 rings (SSSR count). The Balaban J connectivity index is 2.15. The summed E-state index contributed by atoms with van der Waals surface area (Å²) in [4.78, 5) is 28.6. The van der Waals surface area contributed by atoms with Crippen LogP contribution in [0.1, 0.15) is 54.8 Å². The van der Waals surface area contributed by atoms with Gasteiger partial charge in [0.1, 0.15) is 6.04 Å². The van der Waals surface area contributed by atoms with Gasteiger partial charge in [0.15, 0.2) is 5.69 Å². The van der Waals surface area contributed by atoms with E-state index in [1.165, 1.54) is 4.90 Å². The van der Waals surface area contributed by atoms with Crippen molar-refractivity contribution in [1.82, 2.24) is 14.9 Å². The molecule has 0 aliphatic rings. The van der Waals surface area contributed by atoms with E-state index in [2.05, 4.69) is 14.9 Å². The first-order chi connectivity index (χ1) is 14.3. The number of anilines is 1. The summed E-state index contributed by atoms with van der Waals surface area (Å²) in [5.41, 5.74) is 2.15. The van der Waals surface area contributed by atoms with Crippen molar-refractivity contribution in [2.75, 3.05) is 4.90 Å². The van der Waals surface area contributed by atoms with Gasteiger partial charge in [0.2, 0.25) is 5.91 Å². The first kappa shape index (κ1) is 21.6. The maximum Gasteiger partial charge on any atom is 0.280 e. The second-order valence-corrected chi connectivity index (χ2v) is 8.45. The van der Waals surface area contributed by atoms with Gasteiger partial charge in [0.25, 0.3) is 5.91 Å². The molecule has 1 aromatic heterocycles. The molecule has 1 atom stereocenters. The summed E-state index contributed by atoms with van der Waals surface area (Å²) in [5, 5.41) is 8.66. The van der Waals surface area contributed by atoms with E-state index < -0.39 is 11.6 Å². The number of hydrogen-bond donors (Lipinski definition) is 1. The fourth-order valence-electron chi connectivity index (χ4n) is 3.09. The lowest BCUT2D eigenvalue weighted by atomic mass is 9.98. The van der Waals surface area contributed by atoms with Gasteiger partial charge in [-0.05, 0) is 62.0 Å². The van der Waals surface area contributed by atoms with Gasteiger partial charge in [-0.1, -0.05) is 53.9 Å². The van der Waals surface area contributed by atoms with Gasteiger partial charge < -0.3 is 5.32 Å². The number of carbonyl (C=O) groups is 2. The van der Waals surface area contributed by atoms with E-state index in [-0.39, 0.29) is 17.5 Å². The molecule has 30 heavy (non-hydrogen) atoms. The molecule has 0 radical (unpaired) electrons. The summed E-state index contributed by atoms with van der Waals surface area (Å²) >= 11 is 1.10. The summed E-state index contributed by atoms with van der Waals surface area (Å²) in [5.74, 6) is -0.612. The summed E-state index contributed by atoms with van der Waals surface area (Å²) in [6.45, 7) is 7.91. The molecule has 1 unspecified atom stereocenters. The molecular weight excluding hydrogens is 396 g/mol. The number of amides is 2. The second kappa shape index (κ2) is 9.17. The van der Waals surface area contributed by atoms with Gasteiger partial charge in [-0.15, -0.1) is 5.10 Å². The van der Waals surface area contributed by atoms with Crippen LogP contribution in [-0.2, 0) is 4.79 Å². The molecule has 0 fully saturated rings. The molecule has 2 amide bonds. The minimum atomic E-state index is -0.854. The SMILES string of the molecule is CCC(C)(C)NC(=O)C(c1ccccc1)N(C(=O)c1csnn1)c1cccc(C)c1. The van der Waals surface area contributed by atoms with Crippen LogP contribution in [0.15, 0.2) is 60.0 Å². The molecular formula is C23H26N4O2S. The van der Waals surface area contributed by atoms with E-state index in [1.54, 1.807) is 5.38 Å². The third kappa shape index (κ3) is 4.91. The second-order valence-electron chi connectivity index (χ2n) is 7.84. The van der Waals surface area contributed by atoms with Crippen molar-refractivity contribution >= 4 is 29.0 Å². The molecule has 0 aliphatic heterocycles. The van der Waals surface area contributed by atoms with E-state index in [1.807, 2.05) is 82.3 Å². The lowest BCUT2D eigenvalue weighted by molar-refractivity contribution is -0.124. The van der Waals surface area contributed by atoms with Crippen LogP contribution in [0.5, 0.6) is 0 Å². The Morgan fingerprint density at radius 3 is 2.47 bits per heavy atom. The van der Waals surface area contributed by atoms with Crippen molar-refractivity contribution in [3.05, 3.63) is 76.8 Å². The van der Waals surface area contributed by atoms with Crippen molar-refractivity contribution < 1.29 is 9.59 Å². The van der Waals surface area contributed by atoms with Gasteiger partial charge in [-0.3, -0.25) is 14.5 Å². The molecule has 0 spiro atoms. The number of rotatable bonds is 7. The lowest BCUT2D eigenvalue weighted by Gasteiger charge is -2.34. The van der Waals surface area contributed by atoms with Gasteiger partial charge >= 0.3 is 0 Å². The predicted octanol–water partition coefficient (Wildman–Crippen LogP) is 4.54. The van der Waals surface area contributed by atoms with E-state index in [9.17, 15) is 9.59 Å². The summed E-state index contributed by atoms with van der Waals surface area (Å²) in [6.07, 6.45) is 0.759. The fraction of sp³-hybridized carbons (Fsp3) is 0.304. The molecule has 1 heterocycles. The summed E-state index contributed by atoms with van der Waals surface area (Å²) < 4.78 is 3.83. The number of aromatic nitrogens is 2. The van der Waals surface area contributed by atoms with Crippen molar-refractivity contribution in [1.29, 1.82) is 0 Å². The topological polar surface area (TPSA) is 75.2 Å². The molecule has 1 N–H and O–H groups in total. The van der Waals surface area contributed by atoms with E-state index in [0.717, 1.165) is 29.1 Å². The van der Waals surface area contributed by atoms with Crippen LogP contribution in [0, 0.1) is 6.92 Å². The molecule has 3 aromatic rings. The van der Waals surface area contributed by atoms with Gasteiger partial charge in [0.05, 0.1) is 0 Å². The van der Waals surface area contributed by atoms with Crippen molar-refractivity contribution in [3.8, 4) is 0 Å². The highest BCUT2D eigenvalue weighted by Gasteiger charge is 2.36. The van der Waals surface area contributed by atoms with Crippen LogP contribution in [0.4, 0.5) is 5.69 Å². The zero-order valence-corrected chi connectivity index (χ0v) is 18.4. The van der Waals surface area contributed by atoms with Crippen molar-refractivity contribution in [2.45, 2.75) is 45.7 Å². The average molecular weight is 423 g/mol. The van der Waals surface area contributed by atoms with Crippen molar-refractivity contribution in [3.63, 3.8) is 0 Å². The molecule has 6 nitrogen and oxygen atoms in total. The molecule has 156 valence electrons. The zero-order chi connectivity index (χ0) is 21.7. The average Bonchev–Trinajstić information content (AvgIpc) is 3.26. The quantitative estimate of drug-likeness (QED) is 0.607. The Hall–Kier alpha value is -3.06. The Kier molecular flexibility index (Phi) is 6.62. The highest BCUT2D eigenvalue weighted by molar-refractivity contribution is 7.03. The standard InChI is InChI=1S/C23H26N4O2S/c1-5-23(3,4)24-21(28)20(17-11-7-6-8-12-17)27(18-13-9-10-16(2)14-18)22(29)19-15-30-26-25-19/h6-15,20H,5H2,1-4H3,(H,24,28). The summed E-state index contributed by atoms with van der Waals surface area (Å²) in [7, 11) is 0. The highest BCUT2D eigenvalue weighted by atomic mass is 32.1. The van der Waals surface area contributed by atoms with Crippen molar-refractivity contribution in [2.24, 2.45) is 0 Å². The van der Waals surface area contributed by atoms with Crippen LogP contribution in [-0.4, -0.2) is 26.9 Å². The van der Waals surface area contributed by atoms with Crippen LogP contribution in [0.2, 0.25) is 0 Å². The van der Waals surface area contributed by atoms with E-state index in [4.69, 9.17) is 0 Å². The normalized spacial score (nSPS) is 12.3. The Morgan fingerprint density at radius 2 is 1.87 bits per heavy atom. The third-order valence-electron chi connectivity index (χ3n) is 5.05. The maximum atomic E-state index is 13.6. The van der Waals surface area contributed by atoms with Crippen LogP contribution in [0.25, 0.3) is 0 Å². The number of benzene rings is 2. The highest BCUT2D eigenvalue weighted by Crippen LogP contribution is 2.31. The number of nitrogens with one attached hydrogen (secondary N) is 1.